The molecular formula is C40H32FN5O5S2. The van der Waals surface area contributed by atoms with Crippen molar-refractivity contribution in [3.8, 4) is 0 Å². The molecule has 1 unspecified atom stereocenters. The van der Waals surface area contributed by atoms with Crippen LogP contribution in [0.3, 0.4) is 0 Å². The number of hydrogen-bond acceptors (Lipinski definition) is 9. The second-order valence-electron chi connectivity index (χ2n) is 12.0. The molecule has 5 aromatic rings. The lowest BCUT2D eigenvalue weighted by Gasteiger charge is -2.49. The fraction of sp³-hybridized carbons (Fsp3) is 0.125. The molecule has 0 saturated carbocycles. The molecule has 3 N–H and O–H groups in total. The Hall–Kier alpha value is -6.05. The normalized spacial score (nSPS) is 17.3. The first-order valence-corrected chi connectivity index (χ1v) is 18.4. The van der Waals surface area contributed by atoms with Crippen LogP contribution in [-0.2, 0) is 24.8 Å². The molecule has 3 heterocycles. The number of benzene rings is 4. The molecule has 2 atom stereocenters. The van der Waals surface area contributed by atoms with E-state index in [0.717, 1.165) is 21.6 Å². The second-order valence-corrected chi connectivity index (χ2v) is 14.0. The minimum atomic E-state index is -1.30. The van der Waals surface area contributed by atoms with Crippen LogP contribution in [0.25, 0.3) is 6.08 Å². The van der Waals surface area contributed by atoms with Gasteiger partial charge >= 0.3 is 5.97 Å². The number of fused-ring (bicyclic) bond motifs is 1. The van der Waals surface area contributed by atoms with E-state index in [9.17, 15) is 23.9 Å². The maximum Gasteiger partial charge on any atom is 0.352 e. The molecule has 0 bridgehead atoms. The topological polar surface area (TPSA) is 133 Å². The number of β-lactam (4-membered cyclic amide) rings is 1. The number of thioether (sulfide) groups is 1. The van der Waals surface area contributed by atoms with E-state index in [1.807, 2.05) is 91.0 Å². The molecule has 1 fully saturated rings. The number of allylic oxidation sites excluding steroid dienone is 1. The number of nitrogens with one attached hydrogen (secondary N) is 2. The highest BCUT2D eigenvalue weighted by Gasteiger charge is 2.54. The van der Waals surface area contributed by atoms with Crippen molar-refractivity contribution in [3.05, 3.63) is 172 Å². The van der Waals surface area contributed by atoms with Gasteiger partial charge in [-0.15, -0.1) is 23.1 Å². The number of thiazole rings is 1. The highest BCUT2D eigenvalue weighted by Crippen LogP contribution is 2.42. The van der Waals surface area contributed by atoms with Crippen LogP contribution < -0.4 is 10.6 Å². The Morgan fingerprint density at radius 1 is 0.925 bits per heavy atom. The van der Waals surface area contributed by atoms with Gasteiger partial charge in [0.15, 0.2) is 10.8 Å². The van der Waals surface area contributed by atoms with Gasteiger partial charge in [-0.1, -0.05) is 127 Å². The first-order valence-electron chi connectivity index (χ1n) is 16.5. The van der Waals surface area contributed by atoms with Crippen molar-refractivity contribution in [1.29, 1.82) is 0 Å². The molecule has 2 aliphatic heterocycles. The average molecular weight is 746 g/mol. The Bertz CT molecular complexity index is 2150. The Morgan fingerprint density at radius 2 is 1.51 bits per heavy atom. The average Bonchev–Trinajstić information content (AvgIpc) is 3.66. The summed E-state index contributed by atoms with van der Waals surface area (Å²) in [6.07, 6.45) is 2.98. The van der Waals surface area contributed by atoms with E-state index in [-0.39, 0.29) is 28.4 Å². The largest absolute Gasteiger partial charge is 0.477 e. The summed E-state index contributed by atoms with van der Waals surface area (Å²) in [5.74, 6) is -2.85. The standard InChI is InChI=1S/C40H32FN5O5S2/c1-51-45-32(35(47)43-33-36(48)46-34(38(49)50)26(23-52-37(33)46)22-21-25-13-11-12-20-30(25)41)31-24-53-39(42-31)44-40(27-14-5-2-6-15-27,28-16-7-3-8-17-28)29-18-9-4-10-19-29/h2-22,24,33,37H,23H2,1H3,(H,42,44)(H,43,47)(H,49,50)/t33?,37-/m0/s1. The van der Waals surface area contributed by atoms with Crippen LogP contribution in [0, 0.1) is 5.82 Å². The van der Waals surface area contributed by atoms with Crippen molar-refractivity contribution in [1.82, 2.24) is 15.2 Å². The minimum absolute atomic E-state index is 0.156. The maximum absolute atomic E-state index is 14.2. The van der Waals surface area contributed by atoms with E-state index in [4.69, 9.17) is 9.82 Å². The molecule has 7 rings (SSSR count). The number of anilines is 1. The maximum atomic E-state index is 14.2. The smallest absolute Gasteiger partial charge is 0.352 e. The second kappa shape index (κ2) is 15.3. The lowest BCUT2D eigenvalue weighted by molar-refractivity contribution is -0.150. The van der Waals surface area contributed by atoms with Crippen molar-refractivity contribution in [2.75, 3.05) is 18.2 Å². The highest BCUT2D eigenvalue weighted by atomic mass is 32.2. The van der Waals surface area contributed by atoms with Crippen LogP contribution in [0.15, 0.2) is 143 Å². The number of hydrogen-bond donors (Lipinski definition) is 3. The van der Waals surface area contributed by atoms with E-state index < -0.39 is 40.6 Å². The number of rotatable bonds is 12. The fourth-order valence-electron chi connectivity index (χ4n) is 6.46. The molecule has 1 saturated heterocycles. The number of carbonyl (C=O) groups is 3. The molecule has 4 aromatic carbocycles. The molecule has 10 nitrogen and oxygen atoms in total. The Balaban J connectivity index is 1.14. The number of amides is 2. The molecule has 2 amide bonds. The number of nitrogens with zero attached hydrogens (tertiary/aromatic N) is 3. The SMILES string of the molecule is CON=C(C(=O)NC1C(=O)N2C(C(=O)O)=C(C=Cc3ccccc3F)CS[C@@H]12)c1csc(NC(c2ccccc2)(c2ccccc2)c2ccccc2)n1. The molecule has 0 aliphatic carbocycles. The Morgan fingerprint density at radius 3 is 2.08 bits per heavy atom. The summed E-state index contributed by atoms with van der Waals surface area (Å²) in [6, 6.07) is 35.1. The molecule has 1 aromatic heterocycles. The van der Waals surface area contributed by atoms with Gasteiger partial charge in [0, 0.05) is 16.7 Å². The lowest BCUT2D eigenvalue weighted by atomic mass is 9.77. The lowest BCUT2D eigenvalue weighted by Crippen LogP contribution is -2.71. The van der Waals surface area contributed by atoms with Gasteiger partial charge in [-0.25, -0.2) is 14.2 Å². The van der Waals surface area contributed by atoms with Crippen molar-refractivity contribution in [2.45, 2.75) is 17.0 Å². The summed E-state index contributed by atoms with van der Waals surface area (Å²) in [5, 5.41) is 21.9. The van der Waals surface area contributed by atoms with Crippen molar-refractivity contribution in [2.24, 2.45) is 5.16 Å². The highest BCUT2D eigenvalue weighted by molar-refractivity contribution is 8.00. The molecule has 0 radical (unpaired) electrons. The summed E-state index contributed by atoms with van der Waals surface area (Å²) in [5.41, 5.74) is 2.52. The fourth-order valence-corrected chi connectivity index (χ4v) is 8.53. The van der Waals surface area contributed by atoms with Crippen molar-refractivity contribution < 1.29 is 28.7 Å². The van der Waals surface area contributed by atoms with E-state index in [1.54, 1.807) is 23.6 Å². The first kappa shape index (κ1) is 35.4. The van der Waals surface area contributed by atoms with Crippen molar-refractivity contribution in [3.63, 3.8) is 0 Å². The van der Waals surface area contributed by atoms with Crippen LogP contribution in [-0.4, -0.2) is 62.8 Å². The Kier molecular flexibility index (Phi) is 10.2. The van der Waals surface area contributed by atoms with E-state index in [2.05, 4.69) is 15.8 Å². The minimum Gasteiger partial charge on any atom is -0.477 e. The van der Waals surface area contributed by atoms with Crippen LogP contribution in [0.5, 0.6) is 0 Å². The van der Waals surface area contributed by atoms with Crippen molar-refractivity contribution >= 4 is 57.8 Å². The number of carboxylic acid groups (broad SMARTS) is 1. The van der Waals surface area contributed by atoms with Gasteiger partial charge < -0.3 is 20.6 Å². The third-order valence-electron chi connectivity index (χ3n) is 8.92. The van der Waals surface area contributed by atoms with Crippen LogP contribution in [0.2, 0.25) is 0 Å². The quantitative estimate of drug-likeness (QED) is 0.0572. The predicted molar refractivity (Wildman–Crippen MR) is 204 cm³/mol. The van der Waals surface area contributed by atoms with Gasteiger partial charge in [0.25, 0.3) is 11.8 Å². The van der Waals surface area contributed by atoms with Gasteiger partial charge in [0.05, 0.1) is 0 Å². The molecule has 2 aliphatic rings. The summed E-state index contributed by atoms with van der Waals surface area (Å²) in [4.78, 5) is 50.5. The summed E-state index contributed by atoms with van der Waals surface area (Å²) in [7, 11) is 1.30. The molecular weight excluding hydrogens is 714 g/mol. The van der Waals surface area contributed by atoms with Gasteiger partial charge in [-0.2, -0.15) is 0 Å². The predicted octanol–water partition coefficient (Wildman–Crippen LogP) is 6.49. The third-order valence-corrected chi connectivity index (χ3v) is 11.0. The zero-order valence-electron chi connectivity index (χ0n) is 28.2. The summed E-state index contributed by atoms with van der Waals surface area (Å²) < 4.78 is 14.2. The van der Waals surface area contributed by atoms with Crippen LogP contribution >= 0.6 is 23.1 Å². The number of carbonyl (C=O) groups excluding carboxylic acids is 2. The van der Waals surface area contributed by atoms with Gasteiger partial charge in [-0.05, 0) is 28.3 Å². The third kappa shape index (κ3) is 6.84. The first-order chi connectivity index (χ1) is 25.8. The van der Waals surface area contributed by atoms with Gasteiger partial charge in [0.2, 0.25) is 0 Å². The summed E-state index contributed by atoms with van der Waals surface area (Å²) in [6.45, 7) is 0. The number of aromatic nitrogens is 1. The molecule has 266 valence electrons. The Labute approximate surface area is 312 Å². The zero-order valence-corrected chi connectivity index (χ0v) is 29.8. The molecule has 53 heavy (non-hydrogen) atoms. The number of halogens is 1. The monoisotopic (exact) mass is 745 g/mol. The van der Waals surface area contributed by atoms with Crippen LogP contribution in [0.4, 0.5) is 9.52 Å². The number of carboxylic acids is 1. The van der Waals surface area contributed by atoms with E-state index >= 15 is 0 Å². The molecule has 13 heteroatoms. The van der Waals surface area contributed by atoms with Gasteiger partial charge in [0.1, 0.15) is 41.3 Å². The van der Waals surface area contributed by atoms with E-state index in [1.165, 1.54) is 48.4 Å². The van der Waals surface area contributed by atoms with Crippen LogP contribution in [0.1, 0.15) is 27.9 Å². The number of oxime groups is 1. The zero-order chi connectivity index (χ0) is 37.0. The summed E-state index contributed by atoms with van der Waals surface area (Å²) >= 11 is 2.57. The number of aliphatic carboxylic acids is 1. The molecule has 0 spiro atoms. The van der Waals surface area contributed by atoms with E-state index in [0.29, 0.717) is 10.7 Å². The van der Waals surface area contributed by atoms with Gasteiger partial charge in [-0.3, -0.25) is 14.5 Å².